The highest BCUT2D eigenvalue weighted by atomic mass is 16.3. The summed E-state index contributed by atoms with van der Waals surface area (Å²) in [6.07, 6.45) is 3.41. The molecule has 1 amide bonds. The molecular formula is C11H22N2O2. The molecule has 3 unspecified atom stereocenters. The maximum Gasteiger partial charge on any atom is 0.237 e. The summed E-state index contributed by atoms with van der Waals surface area (Å²) in [6, 6.07) is 0.0973. The molecular weight excluding hydrogens is 192 g/mol. The quantitative estimate of drug-likeness (QED) is 0.635. The van der Waals surface area contributed by atoms with Crippen LogP contribution in [0.25, 0.3) is 0 Å². The molecule has 1 aliphatic rings. The van der Waals surface area contributed by atoms with Crippen LogP contribution in [0, 0.1) is 0 Å². The summed E-state index contributed by atoms with van der Waals surface area (Å²) in [5, 5.41) is 15.4. The maximum atomic E-state index is 11.6. The van der Waals surface area contributed by atoms with Crippen molar-refractivity contribution >= 4 is 5.91 Å². The Labute approximate surface area is 91.4 Å². The maximum absolute atomic E-state index is 11.6. The Morgan fingerprint density at radius 1 is 1.53 bits per heavy atom. The fourth-order valence-electron chi connectivity index (χ4n) is 2.02. The van der Waals surface area contributed by atoms with Gasteiger partial charge < -0.3 is 15.7 Å². The summed E-state index contributed by atoms with van der Waals surface area (Å²) in [4.78, 5) is 11.6. The Balaban J connectivity index is 2.37. The SMILES string of the molecule is CC(O)CC(C)NC1CCCCNC1=O. The van der Waals surface area contributed by atoms with Gasteiger partial charge in [0.15, 0.2) is 0 Å². The van der Waals surface area contributed by atoms with Crippen LogP contribution in [0.3, 0.4) is 0 Å². The molecule has 4 heteroatoms. The van der Waals surface area contributed by atoms with E-state index in [0.717, 1.165) is 25.8 Å². The normalized spacial score (nSPS) is 26.6. The third-order valence-corrected chi connectivity index (χ3v) is 2.72. The second-order valence-corrected chi connectivity index (χ2v) is 4.49. The second kappa shape index (κ2) is 6.08. The van der Waals surface area contributed by atoms with E-state index in [1.165, 1.54) is 0 Å². The molecule has 0 aliphatic carbocycles. The molecule has 0 aromatic carbocycles. The third kappa shape index (κ3) is 4.62. The van der Waals surface area contributed by atoms with Gasteiger partial charge >= 0.3 is 0 Å². The molecule has 1 saturated heterocycles. The summed E-state index contributed by atoms with van der Waals surface area (Å²) in [6.45, 7) is 4.57. The Morgan fingerprint density at radius 2 is 2.27 bits per heavy atom. The van der Waals surface area contributed by atoms with Gasteiger partial charge in [0, 0.05) is 12.6 Å². The van der Waals surface area contributed by atoms with Crippen molar-refractivity contribution in [3.8, 4) is 0 Å². The van der Waals surface area contributed by atoms with Crippen LogP contribution in [0.5, 0.6) is 0 Å². The Bertz CT molecular complexity index is 207. The summed E-state index contributed by atoms with van der Waals surface area (Å²) in [5.74, 6) is 0.102. The molecule has 0 bridgehead atoms. The van der Waals surface area contributed by atoms with Gasteiger partial charge in [0.25, 0.3) is 0 Å². The molecule has 3 atom stereocenters. The molecule has 0 aromatic heterocycles. The highest BCUT2D eigenvalue weighted by Crippen LogP contribution is 2.07. The standard InChI is InChI=1S/C11H22N2O2/c1-8(7-9(2)14)13-10-5-3-4-6-12-11(10)15/h8-10,13-14H,3-7H2,1-2H3,(H,12,15). The first-order valence-corrected chi connectivity index (χ1v) is 5.81. The first kappa shape index (κ1) is 12.5. The van der Waals surface area contributed by atoms with Crippen molar-refractivity contribution in [1.29, 1.82) is 0 Å². The van der Waals surface area contributed by atoms with E-state index in [-0.39, 0.29) is 24.1 Å². The number of hydrogen-bond donors (Lipinski definition) is 3. The van der Waals surface area contributed by atoms with Crippen molar-refractivity contribution in [1.82, 2.24) is 10.6 Å². The zero-order valence-corrected chi connectivity index (χ0v) is 9.62. The molecule has 1 rings (SSSR count). The van der Waals surface area contributed by atoms with Crippen LogP contribution < -0.4 is 10.6 Å². The average molecular weight is 214 g/mol. The van der Waals surface area contributed by atoms with Crippen molar-refractivity contribution < 1.29 is 9.90 Å². The predicted molar refractivity (Wildman–Crippen MR) is 59.5 cm³/mol. The summed E-state index contributed by atoms with van der Waals surface area (Å²) >= 11 is 0. The fraction of sp³-hybridized carbons (Fsp3) is 0.909. The topological polar surface area (TPSA) is 61.4 Å². The van der Waals surface area contributed by atoms with E-state index in [0.29, 0.717) is 6.42 Å². The molecule has 88 valence electrons. The number of aliphatic hydroxyl groups excluding tert-OH is 1. The van der Waals surface area contributed by atoms with Crippen LogP contribution in [0.4, 0.5) is 0 Å². The van der Waals surface area contributed by atoms with E-state index < -0.39 is 0 Å². The van der Waals surface area contributed by atoms with Gasteiger partial charge in [-0.25, -0.2) is 0 Å². The molecule has 0 saturated carbocycles. The average Bonchev–Trinajstić information content (AvgIpc) is 2.30. The Kier molecular flexibility index (Phi) is 5.05. The molecule has 0 spiro atoms. The van der Waals surface area contributed by atoms with Gasteiger partial charge in [-0.2, -0.15) is 0 Å². The van der Waals surface area contributed by atoms with Crippen LogP contribution >= 0.6 is 0 Å². The van der Waals surface area contributed by atoms with Crippen molar-refractivity contribution in [2.45, 2.75) is 57.7 Å². The van der Waals surface area contributed by atoms with E-state index in [1.807, 2.05) is 6.92 Å². The summed E-state index contributed by atoms with van der Waals surface area (Å²) in [5.41, 5.74) is 0. The van der Waals surface area contributed by atoms with Gasteiger partial charge in [0.1, 0.15) is 0 Å². The Hall–Kier alpha value is -0.610. The lowest BCUT2D eigenvalue weighted by molar-refractivity contribution is -0.123. The van der Waals surface area contributed by atoms with Gasteiger partial charge in [0.05, 0.1) is 12.1 Å². The first-order valence-electron chi connectivity index (χ1n) is 5.81. The molecule has 0 aromatic rings. The minimum absolute atomic E-state index is 0.0822. The molecule has 4 nitrogen and oxygen atoms in total. The van der Waals surface area contributed by atoms with Gasteiger partial charge in [-0.1, -0.05) is 0 Å². The minimum Gasteiger partial charge on any atom is -0.393 e. The van der Waals surface area contributed by atoms with E-state index in [4.69, 9.17) is 0 Å². The van der Waals surface area contributed by atoms with Crippen molar-refractivity contribution in [3.05, 3.63) is 0 Å². The van der Waals surface area contributed by atoms with Gasteiger partial charge in [-0.15, -0.1) is 0 Å². The zero-order valence-electron chi connectivity index (χ0n) is 9.62. The second-order valence-electron chi connectivity index (χ2n) is 4.49. The molecule has 3 N–H and O–H groups in total. The highest BCUT2D eigenvalue weighted by Gasteiger charge is 2.22. The van der Waals surface area contributed by atoms with Crippen LogP contribution in [0.15, 0.2) is 0 Å². The number of nitrogens with one attached hydrogen (secondary N) is 2. The number of hydrogen-bond acceptors (Lipinski definition) is 3. The molecule has 1 heterocycles. The molecule has 1 aliphatic heterocycles. The molecule has 0 radical (unpaired) electrons. The summed E-state index contributed by atoms with van der Waals surface area (Å²) in [7, 11) is 0. The molecule has 1 fully saturated rings. The summed E-state index contributed by atoms with van der Waals surface area (Å²) < 4.78 is 0. The first-order chi connectivity index (χ1) is 7.09. The lowest BCUT2D eigenvalue weighted by Crippen LogP contribution is -2.47. The lowest BCUT2D eigenvalue weighted by Gasteiger charge is -2.21. The number of amides is 1. The fourth-order valence-corrected chi connectivity index (χ4v) is 2.02. The van der Waals surface area contributed by atoms with E-state index in [2.05, 4.69) is 10.6 Å². The minimum atomic E-state index is -0.318. The number of carbonyl (C=O) groups is 1. The lowest BCUT2D eigenvalue weighted by atomic mass is 10.1. The van der Waals surface area contributed by atoms with Gasteiger partial charge in [0.2, 0.25) is 5.91 Å². The monoisotopic (exact) mass is 214 g/mol. The third-order valence-electron chi connectivity index (χ3n) is 2.72. The van der Waals surface area contributed by atoms with E-state index >= 15 is 0 Å². The highest BCUT2D eigenvalue weighted by molar-refractivity contribution is 5.81. The van der Waals surface area contributed by atoms with Gasteiger partial charge in [-0.05, 0) is 39.5 Å². The van der Waals surface area contributed by atoms with Crippen LogP contribution in [-0.2, 0) is 4.79 Å². The van der Waals surface area contributed by atoms with Crippen LogP contribution in [0.1, 0.15) is 39.5 Å². The Morgan fingerprint density at radius 3 is 2.93 bits per heavy atom. The van der Waals surface area contributed by atoms with Crippen LogP contribution in [0.2, 0.25) is 0 Å². The van der Waals surface area contributed by atoms with Crippen molar-refractivity contribution in [2.75, 3.05) is 6.54 Å². The van der Waals surface area contributed by atoms with Crippen molar-refractivity contribution in [3.63, 3.8) is 0 Å². The smallest absolute Gasteiger partial charge is 0.237 e. The number of rotatable bonds is 4. The van der Waals surface area contributed by atoms with Crippen LogP contribution in [-0.4, -0.2) is 35.7 Å². The largest absolute Gasteiger partial charge is 0.393 e. The van der Waals surface area contributed by atoms with Gasteiger partial charge in [-0.3, -0.25) is 4.79 Å². The van der Waals surface area contributed by atoms with Crippen molar-refractivity contribution in [2.24, 2.45) is 0 Å². The predicted octanol–water partition coefficient (Wildman–Crippen LogP) is 0.404. The number of carbonyl (C=O) groups excluding carboxylic acids is 1. The van der Waals surface area contributed by atoms with E-state index in [1.54, 1.807) is 6.92 Å². The van der Waals surface area contributed by atoms with E-state index in [9.17, 15) is 9.90 Å². The molecule has 15 heavy (non-hydrogen) atoms. The number of aliphatic hydroxyl groups is 1. The zero-order chi connectivity index (χ0) is 11.3.